The summed E-state index contributed by atoms with van der Waals surface area (Å²) in [6.07, 6.45) is 0. The zero-order valence-corrected chi connectivity index (χ0v) is 14.4. The van der Waals surface area contributed by atoms with Gasteiger partial charge >= 0.3 is 0 Å². The molecule has 118 valence electrons. The van der Waals surface area contributed by atoms with Crippen molar-refractivity contribution in [2.75, 3.05) is 16.8 Å². The minimum Gasteiger partial charge on any atom is -0.365 e. The van der Waals surface area contributed by atoms with Crippen LogP contribution < -0.4 is 10.2 Å². The maximum absolute atomic E-state index is 4.62. The minimum absolute atomic E-state index is 0.0293. The molecule has 0 saturated carbocycles. The molecule has 0 radical (unpaired) electrons. The molecule has 0 saturated heterocycles. The van der Waals surface area contributed by atoms with Crippen LogP contribution in [0.1, 0.15) is 39.1 Å². The monoisotopic (exact) mass is 298 g/mol. The van der Waals surface area contributed by atoms with Crippen LogP contribution in [-0.2, 0) is 0 Å². The highest BCUT2D eigenvalue weighted by Crippen LogP contribution is 2.26. The highest BCUT2D eigenvalue weighted by molar-refractivity contribution is 5.63. The van der Waals surface area contributed by atoms with Gasteiger partial charge < -0.3 is 10.2 Å². The molecule has 0 unspecified atom stereocenters. The summed E-state index contributed by atoms with van der Waals surface area (Å²) in [5.41, 5.74) is 2.37. The van der Waals surface area contributed by atoms with Gasteiger partial charge in [0.1, 0.15) is 17.5 Å². The summed E-state index contributed by atoms with van der Waals surface area (Å²) in [6.45, 7) is 13.4. The van der Waals surface area contributed by atoms with Crippen molar-refractivity contribution in [3.63, 3.8) is 0 Å². The number of anilines is 3. The van der Waals surface area contributed by atoms with Crippen LogP contribution in [0.4, 0.5) is 17.3 Å². The van der Waals surface area contributed by atoms with Gasteiger partial charge in [0.25, 0.3) is 0 Å². The van der Waals surface area contributed by atoms with E-state index in [1.54, 1.807) is 0 Å². The highest BCUT2D eigenvalue weighted by Gasteiger charge is 2.15. The van der Waals surface area contributed by atoms with Gasteiger partial charge in [-0.1, -0.05) is 12.1 Å². The van der Waals surface area contributed by atoms with Gasteiger partial charge in [-0.3, -0.25) is 0 Å². The Balaban J connectivity index is 2.41. The van der Waals surface area contributed by atoms with Crippen molar-refractivity contribution in [1.82, 2.24) is 9.97 Å². The Labute approximate surface area is 133 Å². The van der Waals surface area contributed by atoms with E-state index in [0.29, 0.717) is 0 Å². The van der Waals surface area contributed by atoms with Crippen LogP contribution >= 0.6 is 0 Å². The molecule has 0 aliphatic carbocycles. The molecule has 1 heterocycles. The number of nitrogens with one attached hydrogen (secondary N) is 1. The molecular weight excluding hydrogens is 272 g/mol. The maximum Gasteiger partial charge on any atom is 0.138 e. The first-order valence-corrected chi connectivity index (χ1v) is 7.76. The van der Waals surface area contributed by atoms with Crippen LogP contribution in [0.15, 0.2) is 30.3 Å². The van der Waals surface area contributed by atoms with E-state index in [9.17, 15) is 0 Å². The van der Waals surface area contributed by atoms with Crippen molar-refractivity contribution >= 4 is 17.3 Å². The molecule has 22 heavy (non-hydrogen) atoms. The Bertz CT molecular complexity index is 644. The topological polar surface area (TPSA) is 41.0 Å². The van der Waals surface area contributed by atoms with Gasteiger partial charge in [0, 0.05) is 23.8 Å². The van der Waals surface area contributed by atoms with Gasteiger partial charge in [0.2, 0.25) is 0 Å². The van der Waals surface area contributed by atoms with Crippen molar-refractivity contribution in [2.24, 2.45) is 0 Å². The average Bonchev–Trinajstić information content (AvgIpc) is 2.36. The largest absolute Gasteiger partial charge is 0.365 e. The molecule has 4 heteroatoms. The number of hydrogen-bond donors (Lipinski definition) is 1. The van der Waals surface area contributed by atoms with Crippen LogP contribution in [0, 0.1) is 13.8 Å². The van der Waals surface area contributed by atoms with Crippen molar-refractivity contribution in [3.05, 3.63) is 41.7 Å². The number of aryl methyl sites for hydroxylation is 2. The third-order valence-electron chi connectivity index (χ3n) is 3.23. The Morgan fingerprint density at radius 2 is 1.82 bits per heavy atom. The van der Waals surface area contributed by atoms with E-state index < -0.39 is 0 Å². The predicted molar refractivity (Wildman–Crippen MR) is 94.0 cm³/mol. The number of rotatable bonds is 4. The Hall–Kier alpha value is -2.10. The molecule has 1 N–H and O–H groups in total. The van der Waals surface area contributed by atoms with Crippen LogP contribution in [0.5, 0.6) is 0 Å². The molecule has 0 amide bonds. The average molecular weight is 298 g/mol. The van der Waals surface area contributed by atoms with Crippen LogP contribution in [0.2, 0.25) is 0 Å². The second-order valence-electron chi connectivity index (χ2n) is 6.62. The van der Waals surface area contributed by atoms with Gasteiger partial charge in [-0.25, -0.2) is 9.97 Å². The summed E-state index contributed by atoms with van der Waals surface area (Å²) in [4.78, 5) is 11.3. The maximum atomic E-state index is 4.62. The first-order valence-electron chi connectivity index (χ1n) is 7.76. The normalized spacial score (nSPS) is 11.4. The SMILES string of the molecule is CCN(c1cccc(C)c1)c1cc(NC(C)(C)C)nc(C)n1. The van der Waals surface area contributed by atoms with E-state index in [1.165, 1.54) is 5.56 Å². The molecule has 0 spiro atoms. The Kier molecular flexibility index (Phi) is 4.69. The lowest BCUT2D eigenvalue weighted by Crippen LogP contribution is -2.27. The third-order valence-corrected chi connectivity index (χ3v) is 3.23. The lowest BCUT2D eigenvalue weighted by atomic mass is 10.1. The lowest BCUT2D eigenvalue weighted by Gasteiger charge is -2.25. The fourth-order valence-electron chi connectivity index (χ4n) is 2.41. The summed E-state index contributed by atoms with van der Waals surface area (Å²) < 4.78 is 0. The summed E-state index contributed by atoms with van der Waals surface area (Å²) in [7, 11) is 0. The van der Waals surface area contributed by atoms with E-state index in [2.05, 4.69) is 79.1 Å². The first kappa shape index (κ1) is 16.3. The van der Waals surface area contributed by atoms with Crippen LogP contribution in [0.3, 0.4) is 0 Å². The molecule has 0 aliphatic rings. The Morgan fingerprint density at radius 1 is 1.09 bits per heavy atom. The van der Waals surface area contributed by atoms with E-state index in [0.717, 1.165) is 29.7 Å². The molecule has 0 fully saturated rings. The number of benzene rings is 1. The standard InChI is InChI=1S/C18H26N4/c1-7-22(15-10-8-9-13(2)11-15)17-12-16(19-14(3)20-17)21-18(4,5)6/h8-12H,7H2,1-6H3,(H,19,20,21). The molecule has 1 aromatic heterocycles. The third kappa shape index (κ3) is 4.20. The van der Waals surface area contributed by atoms with Gasteiger partial charge in [-0.05, 0) is 59.2 Å². The highest BCUT2D eigenvalue weighted by atomic mass is 15.2. The van der Waals surface area contributed by atoms with Crippen molar-refractivity contribution in [2.45, 2.75) is 47.1 Å². The van der Waals surface area contributed by atoms with Gasteiger partial charge in [0.05, 0.1) is 0 Å². The summed E-state index contributed by atoms with van der Waals surface area (Å²) >= 11 is 0. The van der Waals surface area contributed by atoms with Crippen LogP contribution in [0.25, 0.3) is 0 Å². The molecule has 1 aromatic carbocycles. The number of hydrogen-bond acceptors (Lipinski definition) is 4. The molecule has 0 atom stereocenters. The van der Waals surface area contributed by atoms with E-state index in [4.69, 9.17) is 0 Å². The van der Waals surface area contributed by atoms with Crippen molar-refractivity contribution in [3.8, 4) is 0 Å². The molecular formula is C18H26N4. The molecule has 0 aliphatic heterocycles. The van der Waals surface area contributed by atoms with Crippen molar-refractivity contribution < 1.29 is 0 Å². The summed E-state index contributed by atoms with van der Waals surface area (Å²) in [6, 6.07) is 10.5. The Morgan fingerprint density at radius 3 is 2.41 bits per heavy atom. The molecule has 0 bridgehead atoms. The van der Waals surface area contributed by atoms with Crippen LogP contribution in [-0.4, -0.2) is 22.1 Å². The molecule has 2 aromatic rings. The van der Waals surface area contributed by atoms with Gasteiger partial charge in [-0.15, -0.1) is 0 Å². The predicted octanol–water partition coefficient (Wildman–Crippen LogP) is 4.46. The number of aromatic nitrogens is 2. The fourth-order valence-corrected chi connectivity index (χ4v) is 2.41. The zero-order chi connectivity index (χ0) is 16.3. The van der Waals surface area contributed by atoms with Gasteiger partial charge in [-0.2, -0.15) is 0 Å². The summed E-state index contributed by atoms with van der Waals surface area (Å²) in [5.74, 6) is 2.56. The summed E-state index contributed by atoms with van der Waals surface area (Å²) in [5, 5.41) is 3.43. The quantitative estimate of drug-likeness (QED) is 0.904. The van der Waals surface area contributed by atoms with Gasteiger partial charge in [0.15, 0.2) is 0 Å². The first-order chi connectivity index (χ1) is 10.3. The smallest absolute Gasteiger partial charge is 0.138 e. The number of nitrogens with zero attached hydrogens (tertiary/aromatic N) is 3. The van der Waals surface area contributed by atoms with Crippen molar-refractivity contribution in [1.29, 1.82) is 0 Å². The second-order valence-corrected chi connectivity index (χ2v) is 6.62. The fraction of sp³-hybridized carbons (Fsp3) is 0.444. The van der Waals surface area contributed by atoms with E-state index in [-0.39, 0.29) is 5.54 Å². The molecule has 2 rings (SSSR count). The second kappa shape index (κ2) is 6.34. The van der Waals surface area contributed by atoms with E-state index >= 15 is 0 Å². The molecule has 4 nitrogen and oxygen atoms in total. The lowest BCUT2D eigenvalue weighted by molar-refractivity contribution is 0.629. The zero-order valence-electron chi connectivity index (χ0n) is 14.4. The minimum atomic E-state index is -0.0293. The van der Waals surface area contributed by atoms with E-state index in [1.807, 2.05) is 13.0 Å².